The van der Waals surface area contributed by atoms with Crippen molar-refractivity contribution in [2.75, 3.05) is 0 Å². The van der Waals surface area contributed by atoms with Crippen LogP contribution in [-0.4, -0.2) is 9.78 Å². The van der Waals surface area contributed by atoms with Crippen LogP contribution < -0.4 is 11.3 Å². The molecule has 1 unspecified atom stereocenters. The number of hydrazine groups is 1. The maximum Gasteiger partial charge on any atom is 0.0642 e. The van der Waals surface area contributed by atoms with Crippen LogP contribution in [0.2, 0.25) is 0 Å². The fraction of sp³-hybridized carbons (Fsp3) is 0.364. The molecule has 0 spiro atoms. The third-order valence-corrected chi connectivity index (χ3v) is 4.66. The van der Waals surface area contributed by atoms with E-state index in [4.69, 9.17) is 5.84 Å². The molecule has 0 aliphatic heterocycles. The van der Waals surface area contributed by atoms with Gasteiger partial charge in [0.2, 0.25) is 0 Å². The van der Waals surface area contributed by atoms with Crippen molar-refractivity contribution in [2.24, 2.45) is 12.9 Å². The van der Waals surface area contributed by atoms with Crippen molar-refractivity contribution in [2.45, 2.75) is 19.4 Å². The number of thiophene rings is 1. The predicted octanol–water partition coefficient (Wildman–Crippen LogP) is 2.30. The molecule has 1 atom stereocenters. The molecule has 2 aromatic heterocycles. The minimum absolute atomic E-state index is 0.0960. The SMILES string of the molecule is Cc1nn(C)cc1C(Cc1sccc1Br)NN. The topological polar surface area (TPSA) is 55.9 Å². The standard InChI is InChI=1S/C11H15BrN4S/c1-7-8(6-16(2)15-7)10(14-13)5-11-9(12)3-4-17-11/h3-4,6,10,14H,5,13H2,1-2H3. The first-order valence-corrected chi connectivity index (χ1v) is 6.97. The van der Waals surface area contributed by atoms with E-state index in [0.29, 0.717) is 0 Å². The van der Waals surface area contributed by atoms with Gasteiger partial charge in [-0.1, -0.05) is 0 Å². The molecule has 2 rings (SSSR count). The lowest BCUT2D eigenvalue weighted by molar-refractivity contribution is 0.552. The van der Waals surface area contributed by atoms with E-state index in [2.05, 4.69) is 37.9 Å². The second kappa shape index (κ2) is 5.30. The van der Waals surface area contributed by atoms with Gasteiger partial charge in [-0.25, -0.2) is 0 Å². The zero-order chi connectivity index (χ0) is 12.4. The summed E-state index contributed by atoms with van der Waals surface area (Å²) >= 11 is 5.27. The second-order valence-electron chi connectivity index (χ2n) is 3.96. The van der Waals surface area contributed by atoms with E-state index < -0.39 is 0 Å². The van der Waals surface area contributed by atoms with E-state index in [1.165, 1.54) is 4.88 Å². The molecule has 0 saturated heterocycles. The van der Waals surface area contributed by atoms with Gasteiger partial charge in [-0.05, 0) is 34.3 Å². The minimum atomic E-state index is 0.0960. The summed E-state index contributed by atoms with van der Waals surface area (Å²) in [6.45, 7) is 2.00. The van der Waals surface area contributed by atoms with Crippen LogP contribution in [0.5, 0.6) is 0 Å². The third kappa shape index (κ3) is 2.77. The van der Waals surface area contributed by atoms with Crippen LogP contribution in [0, 0.1) is 6.92 Å². The van der Waals surface area contributed by atoms with Crippen molar-refractivity contribution in [1.29, 1.82) is 0 Å². The van der Waals surface area contributed by atoms with Crippen LogP contribution in [0.3, 0.4) is 0 Å². The van der Waals surface area contributed by atoms with Gasteiger partial charge in [0.05, 0.1) is 11.7 Å². The van der Waals surface area contributed by atoms with E-state index >= 15 is 0 Å². The van der Waals surface area contributed by atoms with Gasteiger partial charge < -0.3 is 0 Å². The lowest BCUT2D eigenvalue weighted by Gasteiger charge is -2.14. The second-order valence-corrected chi connectivity index (χ2v) is 5.81. The number of hydrogen-bond acceptors (Lipinski definition) is 4. The Hall–Kier alpha value is -0.690. The Bertz CT molecular complexity index is 505. The zero-order valence-electron chi connectivity index (χ0n) is 9.77. The van der Waals surface area contributed by atoms with E-state index in [1.807, 2.05) is 24.9 Å². The first kappa shape index (κ1) is 12.8. The molecule has 0 bridgehead atoms. The third-order valence-electron chi connectivity index (χ3n) is 2.71. The highest BCUT2D eigenvalue weighted by Gasteiger charge is 2.17. The zero-order valence-corrected chi connectivity index (χ0v) is 12.2. The molecule has 0 radical (unpaired) electrons. The number of halogens is 1. The van der Waals surface area contributed by atoms with Gasteiger partial charge in [0.15, 0.2) is 0 Å². The average molecular weight is 315 g/mol. The van der Waals surface area contributed by atoms with E-state index in [-0.39, 0.29) is 6.04 Å². The molecule has 6 heteroatoms. The predicted molar refractivity (Wildman–Crippen MR) is 73.7 cm³/mol. The Labute approximate surface area is 113 Å². The quantitative estimate of drug-likeness (QED) is 0.672. The summed E-state index contributed by atoms with van der Waals surface area (Å²) in [5, 5.41) is 6.42. The Morgan fingerprint density at radius 1 is 1.65 bits per heavy atom. The molecular weight excluding hydrogens is 300 g/mol. The summed E-state index contributed by atoms with van der Waals surface area (Å²) in [6, 6.07) is 2.16. The molecular formula is C11H15BrN4S. The first-order chi connectivity index (χ1) is 8.11. The summed E-state index contributed by atoms with van der Waals surface area (Å²) < 4.78 is 2.96. The molecule has 2 aromatic rings. The van der Waals surface area contributed by atoms with Crippen molar-refractivity contribution in [1.82, 2.24) is 15.2 Å². The number of rotatable bonds is 4. The van der Waals surface area contributed by atoms with Gasteiger partial charge >= 0.3 is 0 Å². The Morgan fingerprint density at radius 2 is 2.41 bits per heavy atom. The smallest absolute Gasteiger partial charge is 0.0642 e. The summed E-state index contributed by atoms with van der Waals surface area (Å²) in [5.41, 5.74) is 5.04. The highest BCUT2D eigenvalue weighted by Crippen LogP contribution is 2.28. The number of nitrogens with zero attached hydrogens (tertiary/aromatic N) is 2. The lowest BCUT2D eigenvalue weighted by Crippen LogP contribution is -2.29. The molecule has 92 valence electrons. The number of aryl methyl sites for hydroxylation is 2. The van der Waals surface area contributed by atoms with E-state index in [9.17, 15) is 0 Å². The number of nitrogens with two attached hydrogens (primary N) is 1. The molecule has 3 N–H and O–H groups in total. The van der Waals surface area contributed by atoms with Crippen LogP contribution in [0.4, 0.5) is 0 Å². The molecule has 0 saturated carbocycles. The molecule has 0 aliphatic carbocycles. The van der Waals surface area contributed by atoms with Crippen LogP contribution in [-0.2, 0) is 13.5 Å². The van der Waals surface area contributed by atoms with Crippen molar-refractivity contribution in [3.8, 4) is 0 Å². The monoisotopic (exact) mass is 314 g/mol. The van der Waals surface area contributed by atoms with Gasteiger partial charge in [-0.3, -0.25) is 16.0 Å². The lowest BCUT2D eigenvalue weighted by atomic mass is 10.0. The normalized spacial score (nSPS) is 12.9. The van der Waals surface area contributed by atoms with Crippen molar-refractivity contribution >= 4 is 27.3 Å². The highest BCUT2D eigenvalue weighted by molar-refractivity contribution is 9.10. The van der Waals surface area contributed by atoms with Gasteiger partial charge in [0, 0.05) is 34.6 Å². The number of aromatic nitrogens is 2. The number of hydrogen-bond donors (Lipinski definition) is 2. The average Bonchev–Trinajstić information content (AvgIpc) is 2.82. The fourth-order valence-corrected chi connectivity index (χ4v) is 3.44. The van der Waals surface area contributed by atoms with Crippen LogP contribution >= 0.6 is 27.3 Å². The molecule has 0 aromatic carbocycles. The Kier molecular flexibility index (Phi) is 3.98. The van der Waals surface area contributed by atoms with Crippen LogP contribution in [0.25, 0.3) is 0 Å². The van der Waals surface area contributed by atoms with Gasteiger partial charge in [0.1, 0.15) is 0 Å². The van der Waals surface area contributed by atoms with E-state index in [0.717, 1.165) is 22.2 Å². The molecule has 0 fully saturated rings. The summed E-state index contributed by atoms with van der Waals surface area (Å²) in [4.78, 5) is 1.29. The maximum atomic E-state index is 5.65. The van der Waals surface area contributed by atoms with Crippen molar-refractivity contribution in [3.05, 3.63) is 38.3 Å². The number of nitrogens with one attached hydrogen (secondary N) is 1. The van der Waals surface area contributed by atoms with Gasteiger partial charge in [0.25, 0.3) is 0 Å². The van der Waals surface area contributed by atoms with Crippen molar-refractivity contribution < 1.29 is 0 Å². The van der Waals surface area contributed by atoms with Crippen molar-refractivity contribution in [3.63, 3.8) is 0 Å². The highest BCUT2D eigenvalue weighted by atomic mass is 79.9. The summed E-state index contributed by atoms with van der Waals surface area (Å²) in [5.74, 6) is 5.65. The van der Waals surface area contributed by atoms with Crippen LogP contribution in [0.1, 0.15) is 22.2 Å². The Balaban J connectivity index is 2.23. The van der Waals surface area contributed by atoms with E-state index in [1.54, 1.807) is 11.3 Å². The van der Waals surface area contributed by atoms with Crippen LogP contribution in [0.15, 0.2) is 22.1 Å². The molecule has 2 heterocycles. The fourth-order valence-electron chi connectivity index (χ4n) is 1.87. The maximum absolute atomic E-state index is 5.65. The Morgan fingerprint density at radius 3 is 2.88 bits per heavy atom. The van der Waals surface area contributed by atoms with Gasteiger partial charge in [-0.2, -0.15) is 5.10 Å². The largest absolute Gasteiger partial charge is 0.275 e. The molecule has 0 aliphatic rings. The first-order valence-electron chi connectivity index (χ1n) is 5.30. The molecule has 0 amide bonds. The van der Waals surface area contributed by atoms with Gasteiger partial charge in [-0.15, -0.1) is 11.3 Å². The molecule has 17 heavy (non-hydrogen) atoms. The summed E-state index contributed by atoms with van der Waals surface area (Å²) in [6.07, 6.45) is 2.88. The molecule has 4 nitrogen and oxygen atoms in total. The summed E-state index contributed by atoms with van der Waals surface area (Å²) in [7, 11) is 1.92. The minimum Gasteiger partial charge on any atom is -0.275 e.